The van der Waals surface area contributed by atoms with Gasteiger partial charge < -0.3 is 19.4 Å². The first-order valence-electron chi connectivity index (χ1n) is 7.14. The zero-order chi connectivity index (χ0) is 17.7. The Bertz CT molecular complexity index is 700. The average Bonchev–Trinajstić information content (AvgIpc) is 2.81. The lowest BCUT2D eigenvalue weighted by atomic mass is 10.1. The highest BCUT2D eigenvalue weighted by atomic mass is 32.2. The lowest BCUT2D eigenvalue weighted by Crippen LogP contribution is -2.30. The maximum Gasteiger partial charge on any atom is 0.293 e. The minimum absolute atomic E-state index is 0.0469. The summed E-state index contributed by atoms with van der Waals surface area (Å²) in [5, 5.41) is 10.0. The maximum absolute atomic E-state index is 12.3. The Morgan fingerprint density at radius 3 is 2.67 bits per heavy atom. The van der Waals surface area contributed by atoms with Crippen molar-refractivity contribution in [3.8, 4) is 11.5 Å². The van der Waals surface area contributed by atoms with E-state index in [1.54, 1.807) is 24.3 Å². The minimum Gasteiger partial charge on any atom is -0.550 e. The Balaban J connectivity index is 2.21. The topological polar surface area (TPSA) is 96.0 Å². The van der Waals surface area contributed by atoms with Crippen LogP contribution in [0.1, 0.15) is 18.4 Å². The predicted octanol–water partition coefficient (Wildman–Crippen LogP) is 1.27. The first-order chi connectivity index (χ1) is 11.5. The second-order valence-electron chi connectivity index (χ2n) is 4.89. The number of carbonyl (C=O) groups excluding carboxylic acids is 3. The number of nitrogens with zero attached hydrogens (tertiary/aromatic N) is 1. The number of amides is 2. The van der Waals surface area contributed by atoms with E-state index in [2.05, 4.69) is 0 Å². The molecule has 0 aromatic heterocycles. The summed E-state index contributed by atoms with van der Waals surface area (Å²) in [7, 11) is 2.99. The predicted molar refractivity (Wildman–Crippen MR) is 86.5 cm³/mol. The highest BCUT2D eigenvalue weighted by Crippen LogP contribution is 2.37. The number of carboxylic acids is 1. The van der Waals surface area contributed by atoms with Crippen molar-refractivity contribution in [3.63, 3.8) is 0 Å². The Labute approximate surface area is 143 Å². The molecular formula is C16H16NO6S-. The van der Waals surface area contributed by atoms with E-state index in [1.807, 2.05) is 0 Å². The molecule has 1 heterocycles. The van der Waals surface area contributed by atoms with Crippen LogP contribution in [-0.4, -0.2) is 42.8 Å². The summed E-state index contributed by atoms with van der Waals surface area (Å²) >= 11 is 0.807. The normalized spacial score (nSPS) is 15.9. The number of aliphatic carboxylic acids is 1. The number of methoxy groups -OCH3 is 2. The molecule has 2 rings (SSSR count). The number of hydrogen-bond donors (Lipinski definition) is 0. The van der Waals surface area contributed by atoms with Crippen LogP contribution in [0.2, 0.25) is 0 Å². The van der Waals surface area contributed by atoms with Crippen molar-refractivity contribution in [1.29, 1.82) is 0 Å². The van der Waals surface area contributed by atoms with Gasteiger partial charge in [-0.1, -0.05) is 12.1 Å². The number of benzene rings is 1. The molecule has 128 valence electrons. The van der Waals surface area contributed by atoms with E-state index in [0.717, 1.165) is 16.7 Å². The van der Waals surface area contributed by atoms with E-state index < -0.39 is 17.1 Å². The van der Waals surface area contributed by atoms with E-state index in [4.69, 9.17) is 9.47 Å². The summed E-state index contributed by atoms with van der Waals surface area (Å²) in [4.78, 5) is 36.0. The van der Waals surface area contributed by atoms with E-state index in [9.17, 15) is 19.5 Å². The van der Waals surface area contributed by atoms with Crippen LogP contribution in [0.3, 0.4) is 0 Å². The average molecular weight is 350 g/mol. The zero-order valence-electron chi connectivity index (χ0n) is 13.2. The van der Waals surface area contributed by atoms with Crippen molar-refractivity contribution in [2.24, 2.45) is 0 Å². The van der Waals surface area contributed by atoms with Gasteiger partial charge in [0.25, 0.3) is 11.1 Å². The second-order valence-corrected chi connectivity index (χ2v) is 5.88. The van der Waals surface area contributed by atoms with Crippen molar-refractivity contribution in [2.45, 2.75) is 12.8 Å². The van der Waals surface area contributed by atoms with Gasteiger partial charge in [0.05, 0.1) is 19.1 Å². The number of carbonyl (C=O) groups is 3. The Morgan fingerprint density at radius 2 is 2.04 bits per heavy atom. The second kappa shape index (κ2) is 7.87. The number of para-hydroxylation sites is 1. The molecule has 1 aromatic rings. The first kappa shape index (κ1) is 17.9. The molecule has 1 aliphatic heterocycles. The van der Waals surface area contributed by atoms with Crippen LogP contribution >= 0.6 is 11.8 Å². The number of thioether (sulfide) groups is 1. The fourth-order valence-electron chi connectivity index (χ4n) is 2.24. The van der Waals surface area contributed by atoms with E-state index in [-0.39, 0.29) is 24.3 Å². The minimum atomic E-state index is -1.21. The molecule has 8 heteroatoms. The molecular weight excluding hydrogens is 334 g/mol. The Kier molecular flexibility index (Phi) is 5.86. The zero-order valence-corrected chi connectivity index (χ0v) is 14.1. The molecule has 0 radical (unpaired) electrons. The van der Waals surface area contributed by atoms with Crippen molar-refractivity contribution in [3.05, 3.63) is 28.7 Å². The van der Waals surface area contributed by atoms with E-state index >= 15 is 0 Å². The fourth-order valence-corrected chi connectivity index (χ4v) is 3.10. The van der Waals surface area contributed by atoms with Gasteiger partial charge in [-0.05, 0) is 36.7 Å². The van der Waals surface area contributed by atoms with Gasteiger partial charge >= 0.3 is 0 Å². The van der Waals surface area contributed by atoms with Gasteiger partial charge in [-0.3, -0.25) is 14.5 Å². The van der Waals surface area contributed by atoms with Gasteiger partial charge in [-0.2, -0.15) is 0 Å². The summed E-state index contributed by atoms with van der Waals surface area (Å²) in [6, 6.07) is 5.21. The van der Waals surface area contributed by atoms with Crippen molar-refractivity contribution in [2.75, 3.05) is 20.8 Å². The lowest BCUT2D eigenvalue weighted by molar-refractivity contribution is -0.305. The van der Waals surface area contributed by atoms with Crippen molar-refractivity contribution in [1.82, 2.24) is 4.90 Å². The van der Waals surface area contributed by atoms with Gasteiger partial charge in [0.1, 0.15) is 0 Å². The molecule has 0 spiro atoms. The van der Waals surface area contributed by atoms with Crippen LogP contribution in [-0.2, 0) is 9.59 Å². The molecule has 7 nitrogen and oxygen atoms in total. The SMILES string of the molecule is COc1cccc(/C=C2/SC(=O)N(CCCC(=O)[O-])C2=O)c1OC. The summed E-state index contributed by atoms with van der Waals surface area (Å²) in [5.74, 6) is -0.685. The largest absolute Gasteiger partial charge is 0.550 e. The fraction of sp³-hybridized carbons (Fsp3) is 0.312. The molecule has 1 fully saturated rings. The third-order valence-electron chi connectivity index (χ3n) is 3.36. The number of carboxylic acid groups (broad SMARTS) is 1. The summed E-state index contributed by atoms with van der Waals surface area (Å²) < 4.78 is 10.5. The number of rotatable bonds is 7. The summed E-state index contributed by atoms with van der Waals surface area (Å²) in [5.41, 5.74) is 0.608. The summed E-state index contributed by atoms with van der Waals surface area (Å²) in [6.07, 6.45) is 1.52. The van der Waals surface area contributed by atoms with Gasteiger partial charge in [0.15, 0.2) is 11.5 Å². The molecule has 0 atom stereocenters. The lowest BCUT2D eigenvalue weighted by Gasteiger charge is -2.12. The number of hydrogen-bond acceptors (Lipinski definition) is 7. The van der Waals surface area contributed by atoms with Crippen LogP contribution in [0.5, 0.6) is 11.5 Å². The quantitative estimate of drug-likeness (QED) is 0.683. The van der Waals surface area contributed by atoms with Gasteiger partial charge in [-0.25, -0.2) is 0 Å². The Hall–Kier alpha value is -2.48. The van der Waals surface area contributed by atoms with Crippen LogP contribution in [0.15, 0.2) is 23.1 Å². The maximum atomic E-state index is 12.3. The van der Waals surface area contributed by atoms with Crippen LogP contribution < -0.4 is 14.6 Å². The van der Waals surface area contributed by atoms with Crippen molar-refractivity contribution >= 4 is 35.0 Å². The molecule has 24 heavy (non-hydrogen) atoms. The molecule has 0 saturated carbocycles. The number of ether oxygens (including phenoxy) is 2. The van der Waals surface area contributed by atoms with Gasteiger partial charge in [-0.15, -0.1) is 0 Å². The number of imide groups is 1. The van der Waals surface area contributed by atoms with E-state index in [1.165, 1.54) is 14.2 Å². The molecule has 1 aromatic carbocycles. The standard InChI is InChI=1S/C16H17NO6S/c1-22-11-6-3-5-10(14(11)23-2)9-12-15(20)17(16(21)24-12)8-4-7-13(18)19/h3,5-6,9H,4,7-8H2,1-2H3,(H,18,19)/p-1/b12-9+. The van der Waals surface area contributed by atoms with Gasteiger partial charge in [0, 0.05) is 18.1 Å². The molecule has 0 N–H and O–H groups in total. The van der Waals surface area contributed by atoms with E-state index in [0.29, 0.717) is 17.1 Å². The monoisotopic (exact) mass is 350 g/mol. The summed E-state index contributed by atoms with van der Waals surface area (Å²) in [6.45, 7) is 0.0469. The third kappa shape index (κ3) is 3.88. The smallest absolute Gasteiger partial charge is 0.293 e. The molecule has 0 unspecified atom stereocenters. The van der Waals surface area contributed by atoms with Crippen LogP contribution in [0.4, 0.5) is 4.79 Å². The first-order valence-corrected chi connectivity index (χ1v) is 7.95. The molecule has 1 aliphatic rings. The van der Waals surface area contributed by atoms with Crippen LogP contribution in [0, 0.1) is 0 Å². The highest BCUT2D eigenvalue weighted by molar-refractivity contribution is 8.18. The van der Waals surface area contributed by atoms with Crippen LogP contribution in [0.25, 0.3) is 6.08 Å². The molecule has 1 saturated heterocycles. The third-order valence-corrected chi connectivity index (χ3v) is 4.26. The molecule has 0 aliphatic carbocycles. The molecule has 0 bridgehead atoms. The highest BCUT2D eigenvalue weighted by Gasteiger charge is 2.34. The Morgan fingerprint density at radius 1 is 1.29 bits per heavy atom. The van der Waals surface area contributed by atoms with Gasteiger partial charge in [0.2, 0.25) is 0 Å². The van der Waals surface area contributed by atoms with Crippen molar-refractivity contribution < 1.29 is 29.0 Å². The molecule has 2 amide bonds.